The Kier molecular flexibility index (Phi) is 3.39. The molecule has 1 atom stereocenters. The fourth-order valence-corrected chi connectivity index (χ4v) is 4.13. The molecule has 4 nitrogen and oxygen atoms in total. The van der Waals surface area contributed by atoms with Gasteiger partial charge in [0.2, 0.25) is 0 Å². The zero-order valence-corrected chi connectivity index (χ0v) is 14.9. The van der Waals surface area contributed by atoms with E-state index in [2.05, 4.69) is 21.4 Å². The molecule has 0 aliphatic carbocycles. The molecular formula is C20H13Cl2N3O. The number of nitrogens with zero attached hydrogens (tertiary/aromatic N) is 1. The molecule has 3 N–H and O–H groups in total. The molecule has 0 fully saturated rings. The van der Waals surface area contributed by atoms with Crippen molar-refractivity contribution >= 4 is 39.9 Å². The zero-order valence-electron chi connectivity index (χ0n) is 13.4. The number of aromatic amines is 1. The number of H-pyrrole nitrogens is 1. The molecule has 1 unspecified atom stereocenters. The Morgan fingerprint density at radius 1 is 1.00 bits per heavy atom. The molecule has 4 aromatic rings. The van der Waals surface area contributed by atoms with Gasteiger partial charge in [-0.2, -0.15) is 0 Å². The van der Waals surface area contributed by atoms with Crippen LogP contribution in [0.4, 0.5) is 5.69 Å². The maximum Gasteiger partial charge on any atom is 0.152 e. The summed E-state index contributed by atoms with van der Waals surface area (Å²) in [6.07, 6.45) is 3.77. The predicted molar refractivity (Wildman–Crippen MR) is 105 cm³/mol. The van der Waals surface area contributed by atoms with Crippen LogP contribution in [0.5, 0.6) is 5.75 Å². The van der Waals surface area contributed by atoms with E-state index in [0.717, 1.165) is 39.0 Å². The summed E-state index contributed by atoms with van der Waals surface area (Å²) in [6, 6.07) is 13.5. The highest BCUT2D eigenvalue weighted by Gasteiger charge is 2.26. The van der Waals surface area contributed by atoms with Crippen LogP contribution in [0.25, 0.3) is 22.2 Å². The summed E-state index contributed by atoms with van der Waals surface area (Å²) in [4.78, 5) is 7.71. The van der Waals surface area contributed by atoms with Crippen LogP contribution in [0, 0.1) is 0 Å². The van der Waals surface area contributed by atoms with E-state index in [9.17, 15) is 5.11 Å². The number of halogens is 2. The molecule has 0 saturated heterocycles. The highest BCUT2D eigenvalue weighted by atomic mass is 35.5. The molecule has 0 spiro atoms. The van der Waals surface area contributed by atoms with Crippen LogP contribution < -0.4 is 5.32 Å². The third-order valence-corrected chi connectivity index (χ3v) is 5.38. The Labute approximate surface area is 159 Å². The van der Waals surface area contributed by atoms with Gasteiger partial charge in [-0.15, -0.1) is 0 Å². The fraction of sp³-hybridized carbons (Fsp3) is 0.0500. The molecule has 0 bridgehead atoms. The summed E-state index contributed by atoms with van der Waals surface area (Å²) < 4.78 is 0. The van der Waals surface area contributed by atoms with E-state index in [1.54, 1.807) is 12.1 Å². The van der Waals surface area contributed by atoms with Crippen molar-refractivity contribution in [3.8, 4) is 16.9 Å². The summed E-state index contributed by atoms with van der Waals surface area (Å²) in [6.45, 7) is 0. The van der Waals surface area contributed by atoms with Crippen LogP contribution in [-0.2, 0) is 0 Å². The van der Waals surface area contributed by atoms with Crippen molar-refractivity contribution in [3.05, 3.63) is 76.0 Å². The molecule has 1 aliphatic rings. The third kappa shape index (κ3) is 2.19. The van der Waals surface area contributed by atoms with Crippen molar-refractivity contribution in [1.29, 1.82) is 0 Å². The van der Waals surface area contributed by atoms with Gasteiger partial charge in [0.1, 0.15) is 5.65 Å². The first-order valence-corrected chi connectivity index (χ1v) is 8.89. The molecule has 128 valence electrons. The van der Waals surface area contributed by atoms with Crippen LogP contribution in [-0.4, -0.2) is 15.1 Å². The van der Waals surface area contributed by atoms with E-state index in [1.807, 2.05) is 36.7 Å². The topological polar surface area (TPSA) is 60.9 Å². The quantitative estimate of drug-likeness (QED) is 0.392. The van der Waals surface area contributed by atoms with Gasteiger partial charge in [0.15, 0.2) is 5.75 Å². The SMILES string of the molecule is Oc1c(Cl)cc(C2Nc3ccccc3-c3ccnc4[nH]cc2c34)cc1Cl. The van der Waals surface area contributed by atoms with E-state index in [1.165, 1.54) is 0 Å². The van der Waals surface area contributed by atoms with Crippen molar-refractivity contribution in [2.45, 2.75) is 6.04 Å². The number of benzene rings is 2. The number of aromatic nitrogens is 2. The van der Waals surface area contributed by atoms with Crippen LogP contribution in [0.2, 0.25) is 10.0 Å². The maximum absolute atomic E-state index is 9.91. The minimum atomic E-state index is -0.189. The van der Waals surface area contributed by atoms with Crippen molar-refractivity contribution in [3.63, 3.8) is 0 Å². The lowest BCUT2D eigenvalue weighted by molar-refractivity contribution is 0.475. The molecule has 1 aliphatic heterocycles. The standard InChI is InChI=1S/C20H13Cl2N3O/c21-14-7-10(8-15(22)19(14)26)18-13-9-24-20-17(13)12(5-6-23-20)11-3-1-2-4-16(11)25-18/h1-9,18,25-26H,(H,23,24). The second-order valence-corrected chi connectivity index (χ2v) is 7.10. The Morgan fingerprint density at radius 2 is 1.77 bits per heavy atom. The largest absolute Gasteiger partial charge is 0.505 e. The zero-order chi connectivity index (χ0) is 17.8. The fourth-order valence-electron chi connectivity index (χ4n) is 3.63. The molecule has 2 aromatic carbocycles. The summed E-state index contributed by atoms with van der Waals surface area (Å²) in [5, 5.41) is 15.0. The first kappa shape index (κ1) is 15.6. The van der Waals surface area contributed by atoms with Gasteiger partial charge in [-0.25, -0.2) is 4.98 Å². The lowest BCUT2D eigenvalue weighted by Crippen LogP contribution is -2.11. The monoisotopic (exact) mass is 381 g/mol. The number of phenols is 1. The van der Waals surface area contributed by atoms with Gasteiger partial charge in [0, 0.05) is 34.6 Å². The lowest BCUT2D eigenvalue weighted by Gasteiger charge is -2.20. The number of hydrogen-bond acceptors (Lipinski definition) is 3. The molecule has 5 rings (SSSR count). The second-order valence-electron chi connectivity index (χ2n) is 6.28. The Balaban J connectivity index is 1.83. The maximum atomic E-state index is 9.91. The minimum Gasteiger partial charge on any atom is -0.505 e. The Bertz CT molecular complexity index is 1150. The number of pyridine rings is 1. The van der Waals surface area contributed by atoms with Gasteiger partial charge in [-0.3, -0.25) is 0 Å². The lowest BCUT2D eigenvalue weighted by atomic mass is 9.97. The van der Waals surface area contributed by atoms with E-state index < -0.39 is 0 Å². The van der Waals surface area contributed by atoms with Gasteiger partial charge in [0.25, 0.3) is 0 Å². The molecule has 0 radical (unpaired) electrons. The Hall–Kier alpha value is -2.69. The Morgan fingerprint density at radius 3 is 2.58 bits per heavy atom. The molecule has 0 saturated carbocycles. The molecule has 2 aromatic heterocycles. The van der Waals surface area contributed by atoms with Gasteiger partial charge < -0.3 is 15.4 Å². The number of fused-ring (bicyclic) bond motifs is 2. The van der Waals surface area contributed by atoms with E-state index in [0.29, 0.717) is 0 Å². The predicted octanol–water partition coefficient (Wildman–Crippen LogP) is 5.76. The number of para-hydroxylation sites is 1. The van der Waals surface area contributed by atoms with Crippen LogP contribution in [0.15, 0.2) is 54.9 Å². The van der Waals surface area contributed by atoms with Crippen molar-refractivity contribution in [2.24, 2.45) is 0 Å². The number of hydrogen-bond donors (Lipinski definition) is 3. The summed E-state index contributed by atoms with van der Waals surface area (Å²) in [7, 11) is 0. The average Bonchev–Trinajstić information content (AvgIpc) is 3.01. The van der Waals surface area contributed by atoms with Gasteiger partial charge in [0.05, 0.1) is 16.1 Å². The van der Waals surface area contributed by atoms with E-state index in [4.69, 9.17) is 23.2 Å². The third-order valence-electron chi connectivity index (χ3n) is 4.80. The molecule has 3 heterocycles. The minimum absolute atomic E-state index is 0.104. The van der Waals surface area contributed by atoms with Crippen molar-refractivity contribution < 1.29 is 5.11 Å². The van der Waals surface area contributed by atoms with Crippen LogP contribution in [0.1, 0.15) is 17.2 Å². The van der Waals surface area contributed by atoms with E-state index in [-0.39, 0.29) is 21.8 Å². The van der Waals surface area contributed by atoms with Gasteiger partial charge in [-0.05, 0) is 35.4 Å². The smallest absolute Gasteiger partial charge is 0.152 e. The summed E-state index contributed by atoms with van der Waals surface area (Å²) in [5.74, 6) is -0.104. The van der Waals surface area contributed by atoms with Crippen LogP contribution >= 0.6 is 23.2 Å². The molecule has 26 heavy (non-hydrogen) atoms. The van der Waals surface area contributed by atoms with Gasteiger partial charge in [-0.1, -0.05) is 41.4 Å². The number of nitrogens with one attached hydrogen (secondary N) is 2. The van der Waals surface area contributed by atoms with E-state index >= 15 is 0 Å². The van der Waals surface area contributed by atoms with Crippen molar-refractivity contribution in [2.75, 3.05) is 5.32 Å². The van der Waals surface area contributed by atoms with Crippen molar-refractivity contribution in [1.82, 2.24) is 9.97 Å². The number of rotatable bonds is 1. The number of aromatic hydroxyl groups is 1. The normalized spacial score (nSPS) is 15.4. The first-order valence-electron chi connectivity index (χ1n) is 8.13. The molecule has 0 amide bonds. The highest BCUT2D eigenvalue weighted by molar-refractivity contribution is 6.37. The van der Waals surface area contributed by atoms with Crippen LogP contribution in [0.3, 0.4) is 0 Å². The number of anilines is 1. The average molecular weight is 382 g/mol. The summed E-state index contributed by atoms with van der Waals surface area (Å²) >= 11 is 12.3. The summed E-state index contributed by atoms with van der Waals surface area (Å²) in [5.41, 5.74) is 5.99. The van der Waals surface area contributed by atoms with Gasteiger partial charge >= 0.3 is 0 Å². The molecule has 6 heteroatoms. The molecular weight excluding hydrogens is 369 g/mol. The second kappa shape index (κ2) is 5.66. The highest BCUT2D eigenvalue weighted by Crippen LogP contribution is 2.45. The first-order chi connectivity index (χ1) is 12.6. The number of phenolic OH excluding ortho intramolecular Hbond substituents is 1.